The first-order chi connectivity index (χ1) is 7.86. The standard InChI is InChI=1S/C12H16ClFN2O/c1-4-15-12(2,3)11(17)16-10-7-8(14)5-6-9(10)13/h5-7,15H,4H2,1-3H3,(H,16,17). The second-order valence-electron chi connectivity index (χ2n) is 4.23. The minimum atomic E-state index is -0.732. The summed E-state index contributed by atoms with van der Waals surface area (Å²) < 4.78 is 13.0. The van der Waals surface area contributed by atoms with Gasteiger partial charge in [-0.15, -0.1) is 0 Å². The lowest BCUT2D eigenvalue weighted by atomic mass is 10.0. The fourth-order valence-corrected chi connectivity index (χ4v) is 1.56. The Labute approximate surface area is 105 Å². The molecule has 0 saturated heterocycles. The number of hydrogen-bond donors (Lipinski definition) is 2. The summed E-state index contributed by atoms with van der Waals surface area (Å²) in [7, 11) is 0. The number of carbonyl (C=O) groups is 1. The van der Waals surface area contributed by atoms with E-state index in [4.69, 9.17) is 11.6 Å². The molecule has 1 amide bonds. The third-order valence-electron chi connectivity index (χ3n) is 2.36. The van der Waals surface area contributed by atoms with Gasteiger partial charge in [0.2, 0.25) is 5.91 Å². The Kier molecular flexibility index (Phi) is 4.48. The molecule has 0 fully saturated rings. The van der Waals surface area contributed by atoms with Crippen LogP contribution >= 0.6 is 11.6 Å². The Morgan fingerprint density at radius 2 is 2.12 bits per heavy atom. The number of nitrogens with one attached hydrogen (secondary N) is 2. The normalized spacial score (nSPS) is 11.4. The van der Waals surface area contributed by atoms with Crippen molar-refractivity contribution in [1.29, 1.82) is 0 Å². The number of rotatable bonds is 4. The van der Waals surface area contributed by atoms with Crippen LogP contribution in [0.1, 0.15) is 20.8 Å². The summed E-state index contributed by atoms with van der Waals surface area (Å²) in [5.74, 6) is -0.696. The number of likely N-dealkylation sites (N-methyl/N-ethyl adjacent to an activating group) is 1. The smallest absolute Gasteiger partial charge is 0.244 e. The third-order valence-corrected chi connectivity index (χ3v) is 2.69. The number of benzene rings is 1. The maximum Gasteiger partial charge on any atom is 0.244 e. The maximum absolute atomic E-state index is 13.0. The fourth-order valence-electron chi connectivity index (χ4n) is 1.39. The van der Waals surface area contributed by atoms with Gasteiger partial charge in [0.25, 0.3) is 0 Å². The first kappa shape index (κ1) is 13.9. The second-order valence-corrected chi connectivity index (χ2v) is 4.64. The number of halogens is 2. The first-order valence-electron chi connectivity index (χ1n) is 5.38. The van der Waals surface area contributed by atoms with Crippen molar-refractivity contribution >= 4 is 23.2 Å². The highest BCUT2D eigenvalue weighted by Crippen LogP contribution is 2.23. The highest BCUT2D eigenvalue weighted by Gasteiger charge is 2.26. The van der Waals surface area contributed by atoms with Crippen molar-refractivity contribution in [3.8, 4) is 0 Å². The van der Waals surface area contributed by atoms with E-state index in [-0.39, 0.29) is 11.6 Å². The summed E-state index contributed by atoms with van der Waals surface area (Å²) in [6, 6.07) is 3.85. The van der Waals surface area contributed by atoms with Crippen LogP contribution in [0, 0.1) is 5.82 Å². The van der Waals surface area contributed by atoms with E-state index in [1.807, 2.05) is 6.92 Å². The highest BCUT2D eigenvalue weighted by molar-refractivity contribution is 6.33. The van der Waals surface area contributed by atoms with E-state index in [1.54, 1.807) is 13.8 Å². The topological polar surface area (TPSA) is 41.1 Å². The Morgan fingerprint density at radius 3 is 2.71 bits per heavy atom. The van der Waals surface area contributed by atoms with Crippen LogP contribution in [0.3, 0.4) is 0 Å². The Bertz CT molecular complexity index is 421. The molecule has 0 aliphatic heterocycles. The summed E-state index contributed by atoms with van der Waals surface area (Å²) in [5, 5.41) is 5.94. The molecule has 0 saturated carbocycles. The molecule has 0 spiro atoms. The van der Waals surface area contributed by atoms with Crippen LogP contribution in [-0.2, 0) is 4.79 Å². The van der Waals surface area contributed by atoms with Gasteiger partial charge in [0.1, 0.15) is 5.82 Å². The average molecular weight is 259 g/mol. The minimum absolute atomic E-state index is 0.258. The molecule has 1 rings (SSSR count). The zero-order valence-electron chi connectivity index (χ0n) is 10.1. The van der Waals surface area contributed by atoms with Gasteiger partial charge in [0.15, 0.2) is 0 Å². The van der Waals surface area contributed by atoms with Crippen molar-refractivity contribution in [2.45, 2.75) is 26.3 Å². The largest absolute Gasteiger partial charge is 0.323 e. The predicted octanol–water partition coefficient (Wildman–Crippen LogP) is 2.81. The van der Waals surface area contributed by atoms with Gasteiger partial charge in [0.05, 0.1) is 16.2 Å². The number of anilines is 1. The molecule has 2 N–H and O–H groups in total. The Hall–Kier alpha value is -1.13. The molecule has 3 nitrogen and oxygen atoms in total. The molecule has 0 aliphatic rings. The van der Waals surface area contributed by atoms with Crippen LogP contribution in [0.2, 0.25) is 5.02 Å². The van der Waals surface area contributed by atoms with Crippen LogP contribution in [0.5, 0.6) is 0 Å². The van der Waals surface area contributed by atoms with E-state index in [2.05, 4.69) is 10.6 Å². The Balaban J connectivity index is 2.84. The van der Waals surface area contributed by atoms with Gasteiger partial charge in [-0.3, -0.25) is 4.79 Å². The highest BCUT2D eigenvalue weighted by atomic mass is 35.5. The summed E-state index contributed by atoms with van der Waals surface area (Å²) in [4.78, 5) is 11.9. The van der Waals surface area contributed by atoms with Gasteiger partial charge < -0.3 is 10.6 Å². The lowest BCUT2D eigenvalue weighted by Gasteiger charge is -2.24. The zero-order valence-corrected chi connectivity index (χ0v) is 10.9. The maximum atomic E-state index is 13.0. The van der Waals surface area contributed by atoms with E-state index in [0.717, 1.165) is 0 Å². The predicted molar refractivity (Wildman–Crippen MR) is 67.8 cm³/mol. The minimum Gasteiger partial charge on any atom is -0.323 e. The molecule has 1 aromatic carbocycles. The van der Waals surface area contributed by atoms with Crippen LogP contribution in [0.15, 0.2) is 18.2 Å². The molecule has 17 heavy (non-hydrogen) atoms. The third kappa shape index (κ3) is 3.68. The molecule has 0 bridgehead atoms. The van der Waals surface area contributed by atoms with Crippen LogP contribution in [0.4, 0.5) is 10.1 Å². The van der Waals surface area contributed by atoms with Crippen LogP contribution < -0.4 is 10.6 Å². The van der Waals surface area contributed by atoms with Gasteiger partial charge in [-0.1, -0.05) is 18.5 Å². The van der Waals surface area contributed by atoms with E-state index in [1.165, 1.54) is 18.2 Å². The van der Waals surface area contributed by atoms with Gasteiger partial charge >= 0.3 is 0 Å². The summed E-state index contributed by atoms with van der Waals surface area (Å²) >= 11 is 5.87. The van der Waals surface area contributed by atoms with Gasteiger partial charge in [-0.05, 0) is 38.6 Å². The van der Waals surface area contributed by atoms with E-state index in [9.17, 15) is 9.18 Å². The van der Waals surface area contributed by atoms with Crippen molar-refractivity contribution in [2.24, 2.45) is 0 Å². The molecule has 5 heteroatoms. The first-order valence-corrected chi connectivity index (χ1v) is 5.76. The van der Waals surface area contributed by atoms with Gasteiger partial charge in [0, 0.05) is 0 Å². The second kappa shape index (κ2) is 5.47. The van der Waals surface area contributed by atoms with E-state index < -0.39 is 11.4 Å². The SMILES string of the molecule is CCNC(C)(C)C(=O)Nc1cc(F)ccc1Cl. The van der Waals surface area contributed by atoms with Crippen molar-refractivity contribution < 1.29 is 9.18 Å². The monoisotopic (exact) mass is 258 g/mol. The van der Waals surface area contributed by atoms with Gasteiger partial charge in [-0.25, -0.2) is 4.39 Å². The van der Waals surface area contributed by atoms with Gasteiger partial charge in [-0.2, -0.15) is 0 Å². The average Bonchev–Trinajstić information content (AvgIpc) is 2.23. The molecule has 0 aromatic heterocycles. The summed E-state index contributed by atoms with van der Waals surface area (Å²) in [5.41, 5.74) is -0.452. The van der Waals surface area contributed by atoms with Crippen LogP contribution in [-0.4, -0.2) is 18.0 Å². The van der Waals surface area contributed by atoms with Crippen LogP contribution in [0.25, 0.3) is 0 Å². The summed E-state index contributed by atoms with van der Waals surface area (Å²) in [6.45, 7) is 6.07. The molecule has 0 atom stereocenters. The molecule has 0 heterocycles. The lowest BCUT2D eigenvalue weighted by molar-refractivity contribution is -0.121. The number of amides is 1. The molecule has 0 unspecified atom stereocenters. The van der Waals surface area contributed by atoms with Crippen molar-refractivity contribution in [3.63, 3.8) is 0 Å². The molecule has 94 valence electrons. The molecule has 0 aliphatic carbocycles. The summed E-state index contributed by atoms with van der Waals surface area (Å²) in [6.07, 6.45) is 0. The zero-order chi connectivity index (χ0) is 13.1. The van der Waals surface area contributed by atoms with E-state index in [0.29, 0.717) is 11.6 Å². The van der Waals surface area contributed by atoms with Crippen molar-refractivity contribution in [3.05, 3.63) is 29.0 Å². The molecular formula is C12H16ClFN2O. The fraction of sp³-hybridized carbons (Fsp3) is 0.417. The van der Waals surface area contributed by atoms with Crippen molar-refractivity contribution in [2.75, 3.05) is 11.9 Å². The molecular weight excluding hydrogens is 243 g/mol. The molecule has 1 aromatic rings. The Morgan fingerprint density at radius 1 is 1.47 bits per heavy atom. The van der Waals surface area contributed by atoms with E-state index >= 15 is 0 Å². The molecule has 0 radical (unpaired) electrons. The van der Waals surface area contributed by atoms with Crippen molar-refractivity contribution in [1.82, 2.24) is 5.32 Å². The number of carbonyl (C=O) groups excluding carboxylic acids is 1. The quantitative estimate of drug-likeness (QED) is 0.872. The lowest BCUT2D eigenvalue weighted by Crippen LogP contribution is -2.49. The number of hydrogen-bond acceptors (Lipinski definition) is 2.